The smallest absolute Gasteiger partial charge is 0.418 e. The molecule has 0 radical (unpaired) electrons. The standard InChI is InChI=1S/C18H19F6N5O3/c1-29-6-4-2-3-5-16(8-30,18(22,23)24)15-28-27-13(32-15)12-10(25)7-9(17(19,20)21)11(26-12)14(29)31/h7,30H,2-6,8,25H2,1H3. The van der Waals surface area contributed by atoms with Crippen molar-refractivity contribution in [3.05, 3.63) is 23.2 Å². The zero-order valence-corrected chi connectivity index (χ0v) is 16.7. The average Bonchev–Trinajstić information content (AvgIpc) is 3.17. The molecule has 14 heteroatoms. The number of anilines is 1. The van der Waals surface area contributed by atoms with Crippen LogP contribution in [0, 0.1) is 0 Å². The Bertz CT molecular complexity index is 1010. The van der Waals surface area contributed by atoms with E-state index in [4.69, 9.17) is 10.2 Å². The van der Waals surface area contributed by atoms with E-state index in [0.29, 0.717) is 6.07 Å². The minimum absolute atomic E-state index is 0.0198. The largest absolute Gasteiger partial charge is 0.418 e. The van der Waals surface area contributed by atoms with Gasteiger partial charge in [0, 0.05) is 13.6 Å². The average molecular weight is 467 g/mol. The third-order valence-electron chi connectivity index (χ3n) is 5.35. The van der Waals surface area contributed by atoms with Crippen LogP contribution < -0.4 is 5.73 Å². The molecule has 0 fully saturated rings. The van der Waals surface area contributed by atoms with Gasteiger partial charge in [0.25, 0.3) is 11.8 Å². The Morgan fingerprint density at radius 3 is 2.44 bits per heavy atom. The number of nitrogens with zero attached hydrogens (tertiary/aromatic N) is 4. The number of amides is 1. The molecule has 8 nitrogen and oxygen atoms in total. The van der Waals surface area contributed by atoms with Crippen LogP contribution in [0.3, 0.4) is 0 Å². The van der Waals surface area contributed by atoms with Gasteiger partial charge in [-0.1, -0.05) is 12.8 Å². The second kappa shape index (κ2) is 8.22. The number of nitrogens with two attached hydrogens (primary N) is 1. The van der Waals surface area contributed by atoms with Crippen LogP contribution in [0.5, 0.6) is 0 Å². The van der Waals surface area contributed by atoms with Crippen LogP contribution in [0.2, 0.25) is 0 Å². The topological polar surface area (TPSA) is 118 Å². The third kappa shape index (κ3) is 4.10. The Hall–Kier alpha value is -2.90. The number of fused-ring (bicyclic) bond motifs is 5. The third-order valence-corrected chi connectivity index (χ3v) is 5.35. The highest BCUT2D eigenvalue weighted by atomic mass is 19.4. The normalized spacial score (nSPS) is 20.9. The molecule has 2 aromatic rings. The number of hydrogen-bond acceptors (Lipinski definition) is 7. The van der Waals surface area contributed by atoms with Crippen molar-refractivity contribution >= 4 is 11.6 Å². The fourth-order valence-corrected chi connectivity index (χ4v) is 3.43. The maximum absolute atomic E-state index is 13.9. The summed E-state index contributed by atoms with van der Waals surface area (Å²) in [5.74, 6) is -2.72. The molecule has 3 N–H and O–H groups in total. The molecule has 1 unspecified atom stereocenters. The number of rotatable bonds is 1. The molecule has 0 aliphatic carbocycles. The van der Waals surface area contributed by atoms with Crippen LogP contribution >= 0.6 is 0 Å². The van der Waals surface area contributed by atoms with Crippen molar-refractivity contribution in [1.82, 2.24) is 20.1 Å². The van der Waals surface area contributed by atoms with Crippen LogP contribution in [-0.4, -0.2) is 57.5 Å². The maximum Gasteiger partial charge on any atom is 0.418 e. The molecule has 32 heavy (non-hydrogen) atoms. The van der Waals surface area contributed by atoms with E-state index in [-0.39, 0.29) is 25.8 Å². The first-order chi connectivity index (χ1) is 14.8. The van der Waals surface area contributed by atoms with Crippen molar-refractivity contribution in [1.29, 1.82) is 0 Å². The lowest BCUT2D eigenvalue weighted by molar-refractivity contribution is -0.210. The summed E-state index contributed by atoms with van der Waals surface area (Å²) in [6.07, 6.45) is -10.1. The monoisotopic (exact) mass is 467 g/mol. The summed E-state index contributed by atoms with van der Waals surface area (Å²) in [6, 6.07) is 0.447. The van der Waals surface area contributed by atoms with E-state index in [1.54, 1.807) is 0 Å². The molecule has 1 aliphatic rings. The van der Waals surface area contributed by atoms with Gasteiger partial charge in [-0.25, -0.2) is 4.98 Å². The van der Waals surface area contributed by atoms with Crippen LogP contribution in [-0.2, 0) is 11.6 Å². The molecule has 176 valence electrons. The predicted octanol–water partition coefficient (Wildman–Crippen LogP) is 3.17. The number of nitrogen functional groups attached to an aromatic ring is 1. The van der Waals surface area contributed by atoms with Crippen molar-refractivity contribution in [2.75, 3.05) is 25.9 Å². The van der Waals surface area contributed by atoms with Gasteiger partial charge in [0.05, 0.1) is 17.9 Å². The number of alkyl halides is 6. The summed E-state index contributed by atoms with van der Waals surface area (Å²) in [5.41, 5.74) is -0.810. The molecular formula is C18H19F6N5O3. The van der Waals surface area contributed by atoms with Gasteiger partial charge >= 0.3 is 12.4 Å². The van der Waals surface area contributed by atoms with Crippen LogP contribution in [0.25, 0.3) is 11.6 Å². The summed E-state index contributed by atoms with van der Waals surface area (Å²) >= 11 is 0. The quantitative estimate of drug-likeness (QED) is 0.619. The van der Waals surface area contributed by atoms with Crippen molar-refractivity contribution in [3.8, 4) is 11.6 Å². The number of aromatic nitrogens is 3. The first-order valence-corrected chi connectivity index (χ1v) is 9.47. The summed E-state index contributed by atoms with van der Waals surface area (Å²) in [7, 11) is 1.25. The number of aliphatic hydroxyl groups excluding tert-OH is 1. The molecule has 0 saturated heterocycles. The lowest BCUT2D eigenvalue weighted by Crippen LogP contribution is -2.46. The SMILES string of the molecule is CN1CCCCCC(CO)(C(F)(F)F)c2nnc(o2)-c2nc(c(C(F)(F)F)cc2N)C1=O. The van der Waals surface area contributed by atoms with E-state index in [1.807, 2.05) is 0 Å². The minimum Gasteiger partial charge on any atom is -0.418 e. The van der Waals surface area contributed by atoms with Gasteiger partial charge in [-0.05, 0) is 18.9 Å². The summed E-state index contributed by atoms with van der Waals surface area (Å²) < 4.78 is 87.4. The van der Waals surface area contributed by atoms with Crippen molar-refractivity contribution in [2.45, 2.75) is 43.5 Å². The fraction of sp³-hybridized carbons (Fsp3) is 0.556. The first kappa shape index (κ1) is 23.8. The molecule has 0 saturated carbocycles. The Morgan fingerprint density at radius 2 is 1.84 bits per heavy atom. The van der Waals surface area contributed by atoms with Gasteiger partial charge in [-0.15, -0.1) is 10.2 Å². The Balaban J connectivity index is 2.25. The van der Waals surface area contributed by atoms with E-state index in [0.717, 1.165) is 4.90 Å². The Morgan fingerprint density at radius 1 is 1.16 bits per heavy atom. The van der Waals surface area contributed by atoms with E-state index in [1.165, 1.54) is 7.05 Å². The highest BCUT2D eigenvalue weighted by Crippen LogP contribution is 2.45. The number of carbonyl (C=O) groups excluding carboxylic acids is 1. The van der Waals surface area contributed by atoms with Crippen molar-refractivity contribution in [2.24, 2.45) is 0 Å². The van der Waals surface area contributed by atoms with Gasteiger partial charge < -0.3 is 20.2 Å². The molecule has 1 atom stereocenters. The summed E-state index contributed by atoms with van der Waals surface area (Å²) in [5, 5.41) is 16.5. The van der Waals surface area contributed by atoms with Crippen molar-refractivity contribution in [3.63, 3.8) is 0 Å². The Labute approximate surface area is 177 Å². The molecule has 2 aromatic heterocycles. The number of pyridine rings is 1. The van der Waals surface area contributed by atoms with E-state index >= 15 is 0 Å². The zero-order chi connectivity index (χ0) is 23.9. The number of halogens is 6. The van der Waals surface area contributed by atoms with Gasteiger partial charge in [-0.2, -0.15) is 26.3 Å². The lowest BCUT2D eigenvalue weighted by Gasteiger charge is -2.30. The first-order valence-electron chi connectivity index (χ1n) is 9.47. The molecule has 3 heterocycles. The molecule has 4 bridgehead atoms. The molecular weight excluding hydrogens is 448 g/mol. The highest BCUT2D eigenvalue weighted by molar-refractivity contribution is 5.95. The molecule has 3 rings (SSSR count). The predicted molar refractivity (Wildman–Crippen MR) is 97.2 cm³/mol. The van der Waals surface area contributed by atoms with Crippen LogP contribution in [0.15, 0.2) is 10.5 Å². The van der Waals surface area contributed by atoms with E-state index < -0.39 is 71.1 Å². The summed E-state index contributed by atoms with van der Waals surface area (Å²) in [4.78, 5) is 17.3. The van der Waals surface area contributed by atoms with Gasteiger partial charge in [0.1, 0.15) is 5.69 Å². The highest BCUT2D eigenvalue weighted by Gasteiger charge is 2.59. The van der Waals surface area contributed by atoms with Crippen molar-refractivity contribution < 1.29 is 40.7 Å². The number of aliphatic hydroxyl groups is 1. The van der Waals surface area contributed by atoms with E-state index in [2.05, 4.69) is 15.2 Å². The van der Waals surface area contributed by atoms with Gasteiger partial charge in [0.15, 0.2) is 11.1 Å². The molecule has 0 aromatic carbocycles. The minimum atomic E-state index is -4.97. The lowest BCUT2D eigenvalue weighted by atomic mass is 9.82. The molecule has 1 amide bonds. The second-order valence-electron chi connectivity index (χ2n) is 7.51. The van der Waals surface area contributed by atoms with Gasteiger partial charge in [-0.3, -0.25) is 4.79 Å². The second-order valence-corrected chi connectivity index (χ2v) is 7.51. The Kier molecular flexibility index (Phi) is 6.10. The van der Waals surface area contributed by atoms with E-state index in [9.17, 15) is 36.2 Å². The van der Waals surface area contributed by atoms with Crippen LogP contribution in [0.1, 0.15) is 47.6 Å². The fourth-order valence-electron chi connectivity index (χ4n) is 3.43. The summed E-state index contributed by atoms with van der Waals surface area (Å²) in [6.45, 7) is -1.40. The number of carbonyl (C=O) groups is 1. The molecule has 1 aliphatic heterocycles. The number of hydrogen-bond donors (Lipinski definition) is 2. The maximum atomic E-state index is 13.9. The zero-order valence-electron chi connectivity index (χ0n) is 16.7. The van der Waals surface area contributed by atoms with Crippen LogP contribution in [0.4, 0.5) is 32.0 Å². The molecule has 0 spiro atoms. The van der Waals surface area contributed by atoms with Gasteiger partial charge in [0.2, 0.25) is 5.89 Å².